The summed E-state index contributed by atoms with van der Waals surface area (Å²) in [6, 6.07) is 16.3. The Morgan fingerprint density at radius 1 is 1.06 bits per heavy atom. The van der Waals surface area contributed by atoms with Crippen molar-refractivity contribution in [1.29, 1.82) is 0 Å². The summed E-state index contributed by atoms with van der Waals surface area (Å²) in [5.41, 5.74) is 4.12. The maximum Gasteiger partial charge on any atom is 0.419 e. The van der Waals surface area contributed by atoms with Gasteiger partial charge >= 0.3 is 5.76 Å². The standard InChI is InChI=1S/C25H31N3O3/c1-19(2)21-11-9-20(10-12-21)18-26-14-16-27(17-15-26)24(29)8-5-13-28-22-6-3-4-7-23(22)31-25(28)30/h3-4,6-7,9-12,19H,5,8,13-18H2,1-2H3/p+1. The number of hydrogen-bond donors (Lipinski definition) is 1. The molecule has 6 nitrogen and oxygen atoms in total. The van der Waals surface area contributed by atoms with E-state index in [9.17, 15) is 9.59 Å². The Bertz CT molecular complexity index is 1070. The van der Waals surface area contributed by atoms with Crippen LogP contribution in [0.15, 0.2) is 57.7 Å². The monoisotopic (exact) mass is 422 g/mol. The summed E-state index contributed by atoms with van der Waals surface area (Å²) in [5.74, 6) is 0.385. The predicted molar refractivity (Wildman–Crippen MR) is 121 cm³/mol. The molecule has 0 radical (unpaired) electrons. The summed E-state index contributed by atoms with van der Waals surface area (Å²) < 4.78 is 6.88. The van der Waals surface area contributed by atoms with Crippen molar-refractivity contribution in [3.05, 3.63) is 70.2 Å². The number of benzene rings is 2. The zero-order valence-corrected chi connectivity index (χ0v) is 18.5. The highest BCUT2D eigenvalue weighted by atomic mass is 16.4. The van der Waals surface area contributed by atoms with Gasteiger partial charge in [-0.15, -0.1) is 0 Å². The molecular formula is C25H32N3O3+. The van der Waals surface area contributed by atoms with Crippen molar-refractivity contribution in [2.24, 2.45) is 0 Å². The van der Waals surface area contributed by atoms with Gasteiger partial charge in [-0.05, 0) is 30.0 Å². The van der Waals surface area contributed by atoms with E-state index in [1.807, 2.05) is 23.1 Å². The third-order valence-corrected chi connectivity index (χ3v) is 6.27. The van der Waals surface area contributed by atoms with Gasteiger partial charge in [-0.3, -0.25) is 9.36 Å². The van der Waals surface area contributed by atoms with Crippen molar-refractivity contribution in [2.45, 2.75) is 45.7 Å². The average molecular weight is 423 g/mol. The third-order valence-electron chi connectivity index (χ3n) is 6.27. The second-order valence-electron chi connectivity index (χ2n) is 8.79. The molecule has 0 unspecified atom stereocenters. The van der Waals surface area contributed by atoms with Crippen molar-refractivity contribution < 1.29 is 14.1 Å². The molecule has 1 aliphatic heterocycles. The van der Waals surface area contributed by atoms with E-state index in [0.29, 0.717) is 30.9 Å². The molecule has 0 spiro atoms. The van der Waals surface area contributed by atoms with E-state index < -0.39 is 0 Å². The highest BCUT2D eigenvalue weighted by Crippen LogP contribution is 2.15. The number of piperazine rings is 1. The number of hydrogen-bond acceptors (Lipinski definition) is 3. The predicted octanol–water partition coefficient (Wildman–Crippen LogP) is 2.43. The summed E-state index contributed by atoms with van der Waals surface area (Å²) >= 11 is 0. The molecular weight excluding hydrogens is 390 g/mol. The van der Waals surface area contributed by atoms with Crippen LogP contribution in [0, 0.1) is 0 Å². The molecule has 31 heavy (non-hydrogen) atoms. The van der Waals surface area contributed by atoms with E-state index in [-0.39, 0.29) is 11.7 Å². The number of carbonyl (C=O) groups is 1. The maximum absolute atomic E-state index is 12.6. The van der Waals surface area contributed by atoms with Gasteiger partial charge in [0.25, 0.3) is 0 Å². The highest BCUT2D eigenvalue weighted by Gasteiger charge is 2.23. The van der Waals surface area contributed by atoms with Gasteiger partial charge in [-0.1, -0.05) is 50.2 Å². The fraction of sp³-hybridized carbons (Fsp3) is 0.440. The quantitative estimate of drug-likeness (QED) is 0.636. The van der Waals surface area contributed by atoms with Gasteiger partial charge in [0.2, 0.25) is 5.91 Å². The number of carbonyl (C=O) groups excluding carboxylic acids is 1. The SMILES string of the molecule is CC(C)c1ccc(C[NH+]2CCN(C(=O)CCCn3c(=O)oc4ccccc43)CC2)cc1. The molecule has 2 heterocycles. The first-order chi connectivity index (χ1) is 15.0. The van der Waals surface area contributed by atoms with Crippen LogP contribution in [0.5, 0.6) is 0 Å². The smallest absolute Gasteiger partial charge is 0.408 e. The van der Waals surface area contributed by atoms with Gasteiger partial charge < -0.3 is 14.2 Å². The molecule has 0 bridgehead atoms. The van der Waals surface area contributed by atoms with Crippen LogP contribution in [-0.4, -0.2) is 41.6 Å². The zero-order valence-electron chi connectivity index (χ0n) is 18.5. The van der Waals surface area contributed by atoms with Gasteiger partial charge in [0, 0.05) is 18.5 Å². The van der Waals surface area contributed by atoms with Crippen LogP contribution in [-0.2, 0) is 17.9 Å². The van der Waals surface area contributed by atoms with E-state index >= 15 is 0 Å². The Morgan fingerprint density at radius 2 is 1.77 bits per heavy atom. The number of aryl methyl sites for hydroxylation is 1. The van der Waals surface area contributed by atoms with Crippen molar-refractivity contribution in [2.75, 3.05) is 26.2 Å². The number of quaternary nitrogens is 1. The van der Waals surface area contributed by atoms with Gasteiger partial charge in [0.1, 0.15) is 6.54 Å². The van der Waals surface area contributed by atoms with Crippen LogP contribution in [0.25, 0.3) is 11.1 Å². The molecule has 0 aliphatic carbocycles. The zero-order chi connectivity index (χ0) is 21.8. The largest absolute Gasteiger partial charge is 0.419 e. The average Bonchev–Trinajstić information content (AvgIpc) is 3.10. The Balaban J connectivity index is 1.23. The minimum Gasteiger partial charge on any atom is -0.408 e. The summed E-state index contributed by atoms with van der Waals surface area (Å²) in [5, 5.41) is 0. The van der Waals surface area contributed by atoms with Crippen LogP contribution >= 0.6 is 0 Å². The van der Waals surface area contributed by atoms with E-state index in [0.717, 1.165) is 38.2 Å². The summed E-state index contributed by atoms with van der Waals surface area (Å²) in [6.45, 7) is 9.49. The first-order valence-corrected chi connectivity index (χ1v) is 11.3. The lowest BCUT2D eigenvalue weighted by Crippen LogP contribution is -3.13. The van der Waals surface area contributed by atoms with Gasteiger partial charge in [-0.25, -0.2) is 4.79 Å². The Morgan fingerprint density at radius 3 is 2.48 bits per heavy atom. The Hall–Kier alpha value is -2.86. The van der Waals surface area contributed by atoms with E-state index in [1.165, 1.54) is 16.0 Å². The molecule has 164 valence electrons. The molecule has 1 aromatic heterocycles. The number of nitrogens with one attached hydrogen (secondary N) is 1. The Kier molecular flexibility index (Phi) is 6.56. The molecule has 1 aliphatic rings. The van der Waals surface area contributed by atoms with E-state index in [4.69, 9.17) is 4.42 Å². The molecule has 4 rings (SSSR count). The minimum absolute atomic E-state index is 0.182. The molecule has 0 saturated carbocycles. The number of aromatic nitrogens is 1. The highest BCUT2D eigenvalue weighted by molar-refractivity contribution is 5.76. The molecule has 2 aromatic carbocycles. The lowest BCUT2D eigenvalue weighted by molar-refractivity contribution is -0.917. The number of oxazole rings is 1. The maximum atomic E-state index is 12.6. The van der Waals surface area contributed by atoms with Gasteiger partial charge in [-0.2, -0.15) is 0 Å². The lowest BCUT2D eigenvalue weighted by Gasteiger charge is -2.32. The second kappa shape index (κ2) is 9.52. The molecule has 0 atom stereocenters. The van der Waals surface area contributed by atoms with Crippen LogP contribution < -0.4 is 10.7 Å². The number of para-hydroxylation sites is 2. The number of amides is 1. The van der Waals surface area contributed by atoms with Gasteiger partial charge in [0.05, 0.1) is 31.7 Å². The van der Waals surface area contributed by atoms with Crippen molar-refractivity contribution in [1.82, 2.24) is 9.47 Å². The third kappa shape index (κ3) is 5.07. The van der Waals surface area contributed by atoms with Crippen molar-refractivity contribution >= 4 is 17.0 Å². The van der Waals surface area contributed by atoms with E-state index in [2.05, 4.69) is 38.1 Å². The minimum atomic E-state index is -0.354. The molecule has 6 heteroatoms. The van der Waals surface area contributed by atoms with E-state index in [1.54, 1.807) is 10.6 Å². The first kappa shape index (κ1) is 21.4. The molecule has 3 aromatic rings. The topological polar surface area (TPSA) is 59.9 Å². The van der Waals surface area contributed by atoms with Crippen LogP contribution in [0.4, 0.5) is 0 Å². The lowest BCUT2D eigenvalue weighted by atomic mass is 10.0. The fourth-order valence-corrected chi connectivity index (χ4v) is 4.33. The van der Waals surface area contributed by atoms with Gasteiger partial charge in [0.15, 0.2) is 5.58 Å². The van der Waals surface area contributed by atoms with Crippen LogP contribution in [0.3, 0.4) is 0 Å². The van der Waals surface area contributed by atoms with Crippen LogP contribution in [0.2, 0.25) is 0 Å². The normalized spacial score (nSPS) is 15.1. The number of fused-ring (bicyclic) bond motifs is 1. The van der Waals surface area contributed by atoms with Crippen molar-refractivity contribution in [3.63, 3.8) is 0 Å². The summed E-state index contributed by atoms with van der Waals surface area (Å²) in [6.07, 6.45) is 1.09. The van der Waals surface area contributed by atoms with Crippen molar-refractivity contribution in [3.8, 4) is 0 Å². The molecule has 1 amide bonds. The summed E-state index contributed by atoms with van der Waals surface area (Å²) in [4.78, 5) is 28.2. The number of nitrogens with zero attached hydrogens (tertiary/aromatic N) is 2. The molecule has 1 saturated heterocycles. The first-order valence-electron chi connectivity index (χ1n) is 11.3. The summed E-state index contributed by atoms with van der Waals surface area (Å²) in [7, 11) is 0. The van der Waals surface area contributed by atoms with Crippen LogP contribution in [0.1, 0.15) is 43.7 Å². The molecule has 1 N–H and O–H groups in total. The second-order valence-corrected chi connectivity index (χ2v) is 8.79. The number of rotatable bonds is 7. The fourth-order valence-electron chi connectivity index (χ4n) is 4.33. The Labute approximate surface area is 183 Å². The molecule has 1 fully saturated rings.